The number of carbonyl (C=O) groups is 1. The lowest BCUT2D eigenvalue weighted by atomic mass is 10.4. The van der Waals surface area contributed by atoms with Gasteiger partial charge in [-0.2, -0.15) is 5.10 Å². The molecule has 0 spiro atoms. The van der Waals surface area contributed by atoms with Gasteiger partial charge >= 0.3 is 0 Å². The highest BCUT2D eigenvalue weighted by Gasteiger charge is 2.08. The van der Waals surface area contributed by atoms with Gasteiger partial charge in [0.05, 0.1) is 6.20 Å². The van der Waals surface area contributed by atoms with Crippen molar-refractivity contribution in [3.05, 3.63) is 28.0 Å². The van der Waals surface area contributed by atoms with Crippen LogP contribution in [0.25, 0.3) is 10.1 Å². The van der Waals surface area contributed by atoms with Crippen LogP contribution in [0.4, 0.5) is 0 Å². The number of amides is 1. The predicted octanol–water partition coefficient (Wildman–Crippen LogP) is 1.00. The van der Waals surface area contributed by atoms with E-state index < -0.39 is 0 Å². The fourth-order valence-electron chi connectivity index (χ4n) is 1.75. The maximum Gasteiger partial charge on any atom is 0.285 e. The van der Waals surface area contributed by atoms with Gasteiger partial charge in [0.25, 0.3) is 5.56 Å². The number of ether oxygens (including phenoxy) is 1. The molecule has 0 atom stereocenters. The molecular formula is C13H17N3O3S. The first-order chi connectivity index (χ1) is 9.72. The van der Waals surface area contributed by atoms with E-state index >= 15 is 0 Å². The molecule has 0 radical (unpaired) electrons. The minimum absolute atomic E-state index is 0.0543. The summed E-state index contributed by atoms with van der Waals surface area (Å²) in [7, 11) is 0. The Bertz CT molecular complexity index is 635. The molecule has 0 fully saturated rings. The van der Waals surface area contributed by atoms with E-state index in [0.717, 1.165) is 11.8 Å². The van der Waals surface area contributed by atoms with Crippen molar-refractivity contribution >= 4 is 27.3 Å². The Morgan fingerprint density at radius 2 is 2.40 bits per heavy atom. The van der Waals surface area contributed by atoms with E-state index in [1.165, 1.54) is 16.0 Å². The Hall–Kier alpha value is -1.73. The normalized spacial score (nSPS) is 10.8. The van der Waals surface area contributed by atoms with Crippen LogP contribution in [0.2, 0.25) is 0 Å². The molecule has 2 rings (SSSR count). The molecule has 0 aliphatic rings. The molecule has 20 heavy (non-hydrogen) atoms. The van der Waals surface area contributed by atoms with Crippen molar-refractivity contribution in [2.75, 3.05) is 19.8 Å². The lowest BCUT2D eigenvalue weighted by Gasteiger charge is -2.06. The molecule has 0 aliphatic heterocycles. The summed E-state index contributed by atoms with van der Waals surface area (Å²) in [6.45, 7) is 3.71. The number of hydrogen-bond donors (Lipinski definition) is 1. The minimum Gasteiger partial charge on any atom is -0.382 e. The Labute approximate surface area is 120 Å². The van der Waals surface area contributed by atoms with Gasteiger partial charge in [-0.3, -0.25) is 9.59 Å². The summed E-state index contributed by atoms with van der Waals surface area (Å²) in [6, 6.07) is 1.84. The number of rotatable bonds is 7. The molecule has 0 aromatic carbocycles. The Kier molecular flexibility index (Phi) is 5.25. The number of fused-ring (bicyclic) bond motifs is 1. The number of aromatic nitrogens is 2. The fraction of sp³-hybridized carbons (Fsp3) is 0.462. The van der Waals surface area contributed by atoms with E-state index in [1.807, 2.05) is 18.4 Å². The lowest BCUT2D eigenvalue weighted by Crippen LogP contribution is -2.34. The Morgan fingerprint density at radius 3 is 3.20 bits per heavy atom. The molecule has 108 valence electrons. The maximum atomic E-state index is 12.1. The van der Waals surface area contributed by atoms with Gasteiger partial charge in [-0.05, 0) is 24.8 Å². The molecule has 0 aliphatic carbocycles. The highest BCUT2D eigenvalue weighted by molar-refractivity contribution is 7.17. The zero-order valence-electron chi connectivity index (χ0n) is 11.3. The molecule has 2 heterocycles. The number of hydrogen-bond acceptors (Lipinski definition) is 5. The molecule has 2 aromatic rings. The summed E-state index contributed by atoms with van der Waals surface area (Å²) >= 11 is 1.36. The summed E-state index contributed by atoms with van der Waals surface area (Å²) in [5, 5.41) is 9.40. The van der Waals surface area contributed by atoms with Gasteiger partial charge in [-0.1, -0.05) is 0 Å². The third-order valence-corrected chi connectivity index (χ3v) is 3.66. The molecule has 7 heteroatoms. The standard InChI is InChI=1S/C13H17N3O3S/c1-2-19-6-3-5-14-11(17)9-16-13(18)12-10(8-15-16)4-7-20-12/h4,7-8H,2-3,5-6,9H2,1H3,(H,14,17). The van der Waals surface area contributed by atoms with E-state index in [0.29, 0.717) is 24.5 Å². The third-order valence-electron chi connectivity index (χ3n) is 2.75. The molecule has 0 saturated carbocycles. The van der Waals surface area contributed by atoms with Crippen LogP contribution in [0, 0.1) is 0 Å². The molecule has 1 N–H and O–H groups in total. The second-order valence-corrected chi connectivity index (χ2v) is 5.13. The third kappa shape index (κ3) is 3.64. The SMILES string of the molecule is CCOCCCNC(=O)Cn1ncc2ccsc2c1=O. The van der Waals surface area contributed by atoms with Crippen LogP contribution in [-0.2, 0) is 16.1 Å². The Balaban J connectivity index is 1.89. The van der Waals surface area contributed by atoms with Crippen LogP contribution in [0.15, 0.2) is 22.4 Å². The molecular weight excluding hydrogens is 278 g/mol. The highest BCUT2D eigenvalue weighted by atomic mass is 32.1. The smallest absolute Gasteiger partial charge is 0.285 e. The maximum absolute atomic E-state index is 12.1. The van der Waals surface area contributed by atoms with E-state index in [-0.39, 0.29) is 18.0 Å². The fourth-order valence-corrected chi connectivity index (χ4v) is 2.56. The van der Waals surface area contributed by atoms with E-state index in [4.69, 9.17) is 4.74 Å². The van der Waals surface area contributed by atoms with Gasteiger partial charge in [0.1, 0.15) is 11.2 Å². The van der Waals surface area contributed by atoms with Crippen LogP contribution in [0.1, 0.15) is 13.3 Å². The van der Waals surface area contributed by atoms with Gasteiger partial charge in [0, 0.05) is 25.1 Å². The van der Waals surface area contributed by atoms with E-state index in [2.05, 4.69) is 10.4 Å². The van der Waals surface area contributed by atoms with Crippen LogP contribution in [0.5, 0.6) is 0 Å². The van der Waals surface area contributed by atoms with Crippen molar-refractivity contribution in [3.63, 3.8) is 0 Å². The van der Waals surface area contributed by atoms with Crippen molar-refractivity contribution in [2.24, 2.45) is 0 Å². The van der Waals surface area contributed by atoms with Gasteiger partial charge in [-0.25, -0.2) is 4.68 Å². The molecule has 0 unspecified atom stereocenters. The molecule has 1 amide bonds. The highest BCUT2D eigenvalue weighted by Crippen LogP contribution is 2.14. The van der Waals surface area contributed by atoms with Gasteiger partial charge < -0.3 is 10.1 Å². The number of nitrogens with one attached hydrogen (secondary N) is 1. The molecule has 6 nitrogen and oxygen atoms in total. The minimum atomic E-state index is -0.220. The summed E-state index contributed by atoms with van der Waals surface area (Å²) in [5.74, 6) is -0.216. The summed E-state index contributed by atoms with van der Waals surface area (Å²) in [4.78, 5) is 23.8. The predicted molar refractivity (Wildman–Crippen MR) is 78.0 cm³/mol. The van der Waals surface area contributed by atoms with Crippen molar-refractivity contribution in [1.29, 1.82) is 0 Å². The van der Waals surface area contributed by atoms with Gasteiger partial charge in [0.15, 0.2) is 0 Å². The zero-order valence-corrected chi connectivity index (χ0v) is 12.1. The van der Waals surface area contributed by atoms with Gasteiger partial charge in [-0.15, -0.1) is 11.3 Å². The van der Waals surface area contributed by atoms with Crippen LogP contribution in [-0.4, -0.2) is 35.4 Å². The number of thiophene rings is 1. The second-order valence-electron chi connectivity index (χ2n) is 4.21. The van der Waals surface area contributed by atoms with Crippen molar-refractivity contribution in [2.45, 2.75) is 19.9 Å². The molecule has 0 bridgehead atoms. The van der Waals surface area contributed by atoms with Crippen molar-refractivity contribution < 1.29 is 9.53 Å². The van der Waals surface area contributed by atoms with Gasteiger partial charge in [0.2, 0.25) is 5.91 Å². The summed E-state index contributed by atoms with van der Waals surface area (Å²) in [5.41, 5.74) is -0.220. The summed E-state index contributed by atoms with van der Waals surface area (Å²) in [6.07, 6.45) is 2.36. The van der Waals surface area contributed by atoms with Crippen LogP contribution in [0.3, 0.4) is 0 Å². The molecule has 0 saturated heterocycles. The van der Waals surface area contributed by atoms with Crippen molar-refractivity contribution in [3.8, 4) is 0 Å². The average Bonchev–Trinajstić information content (AvgIpc) is 2.91. The topological polar surface area (TPSA) is 73.2 Å². The Morgan fingerprint density at radius 1 is 1.55 bits per heavy atom. The summed E-state index contributed by atoms with van der Waals surface area (Å²) < 4.78 is 6.99. The lowest BCUT2D eigenvalue weighted by molar-refractivity contribution is -0.121. The van der Waals surface area contributed by atoms with E-state index in [9.17, 15) is 9.59 Å². The number of nitrogens with zero attached hydrogens (tertiary/aromatic N) is 2. The van der Waals surface area contributed by atoms with Crippen molar-refractivity contribution in [1.82, 2.24) is 15.1 Å². The first kappa shape index (κ1) is 14.7. The van der Waals surface area contributed by atoms with E-state index in [1.54, 1.807) is 6.20 Å². The average molecular weight is 295 g/mol. The quantitative estimate of drug-likeness (QED) is 0.773. The monoisotopic (exact) mass is 295 g/mol. The number of carbonyl (C=O) groups excluding carboxylic acids is 1. The first-order valence-electron chi connectivity index (χ1n) is 6.50. The molecule has 2 aromatic heterocycles. The van der Waals surface area contributed by atoms with Crippen LogP contribution >= 0.6 is 11.3 Å². The largest absolute Gasteiger partial charge is 0.382 e. The first-order valence-corrected chi connectivity index (χ1v) is 7.38. The van der Waals surface area contributed by atoms with Crippen LogP contribution < -0.4 is 10.9 Å². The second kappa shape index (κ2) is 7.16. The zero-order chi connectivity index (χ0) is 14.4.